The number of piperazine rings is 2. The lowest BCUT2D eigenvalue weighted by Gasteiger charge is -2.51. The molecule has 21 nitrogen and oxygen atoms in total. The second-order valence-electron chi connectivity index (χ2n) is 19.8. The van der Waals surface area contributed by atoms with E-state index in [0.717, 1.165) is 9.80 Å². The third kappa shape index (κ3) is 8.56. The van der Waals surface area contributed by atoms with Gasteiger partial charge in [0, 0.05) is 57.8 Å². The topological polar surface area (TPSA) is 247 Å². The molecular formula is C47H62N8O13S4. The first kappa shape index (κ1) is 53.5. The number of benzene rings is 2. The van der Waals surface area contributed by atoms with Gasteiger partial charge in [0.1, 0.15) is 24.5 Å². The average Bonchev–Trinajstić information content (AvgIpc) is 4.01. The summed E-state index contributed by atoms with van der Waals surface area (Å²) in [6.07, 6.45) is -3.07. The zero-order valence-corrected chi connectivity index (χ0v) is 44.2. The molecule has 0 aliphatic carbocycles. The Morgan fingerprint density at radius 2 is 1.17 bits per heavy atom. The monoisotopic (exact) mass is 1070 g/mol. The number of carbonyl (C=O) groups is 7. The SMILES string of the molecule is CN1C(=O)C2(S)CC3(C45CC6(S)C(=O)N(C)C(S)(COC(=O)OCCCCC(=O)NCCOCCOCCNC(=O)OC(C)(C)C)C(=O)N6C4Nc4ccccc45)c4ccccc4NC3N2C(=O)C1(S)CO. The molecule has 25 heteroatoms. The number of anilines is 2. The standard InChI is InChI=1S/C47H62N8O13S4/c1-41(2,3)68-39(62)49-18-21-65-23-22-64-20-17-48-32(57)16-10-11-19-66-40(63)67-27-47(72)38(61)55-34-43(25-45(55,70)36(59)53(47)5,29-13-7-9-15-31(29)51-34)42-24-44(69)35(58)52(4)46(71,26-56)37(60)54(44)33(42)50-30-14-8-6-12-28(30)42/h6-9,12-15,33-34,50-51,56,69-72H,10-11,16-27H2,1-5H3,(H,48,57)(H,49,62). The third-order valence-electron chi connectivity index (χ3n) is 14.5. The van der Waals surface area contributed by atoms with Crippen molar-refractivity contribution in [2.45, 2.75) is 101 Å². The Morgan fingerprint density at radius 1 is 0.681 bits per heavy atom. The van der Waals surface area contributed by atoms with Crippen LogP contribution in [0.25, 0.3) is 0 Å². The highest BCUT2D eigenvalue weighted by molar-refractivity contribution is 7.84. The fourth-order valence-electron chi connectivity index (χ4n) is 11.2. The van der Waals surface area contributed by atoms with Gasteiger partial charge in [0.2, 0.25) is 5.91 Å². The summed E-state index contributed by atoms with van der Waals surface area (Å²) in [4.78, 5) is 94.1. The number of para-hydroxylation sites is 2. The minimum Gasteiger partial charge on any atom is -0.444 e. The number of amides is 6. The molecule has 8 unspecified atom stereocenters. The number of carbonyl (C=O) groups excluding carboxylic acids is 7. The Morgan fingerprint density at radius 3 is 1.68 bits per heavy atom. The van der Waals surface area contributed by atoms with Crippen LogP contribution in [0.1, 0.15) is 64.0 Å². The molecule has 6 amide bonds. The lowest BCUT2D eigenvalue weighted by molar-refractivity contribution is -0.166. The van der Waals surface area contributed by atoms with Crippen LogP contribution < -0.4 is 21.3 Å². The van der Waals surface area contributed by atoms with Gasteiger partial charge in [0.05, 0.1) is 50.5 Å². The molecule has 2 aromatic rings. The predicted octanol–water partition coefficient (Wildman–Crippen LogP) is 2.27. The number of fused-ring (bicyclic) bond motifs is 11. The number of aliphatic hydroxyl groups excluding tert-OH is 1. The van der Waals surface area contributed by atoms with Crippen molar-refractivity contribution >= 4 is 104 Å². The van der Waals surface area contributed by atoms with Gasteiger partial charge in [0.15, 0.2) is 19.5 Å². The van der Waals surface area contributed by atoms with E-state index in [0.29, 0.717) is 48.6 Å². The van der Waals surface area contributed by atoms with E-state index in [1.54, 1.807) is 20.8 Å². The van der Waals surface area contributed by atoms with Gasteiger partial charge in [-0.1, -0.05) is 36.4 Å². The summed E-state index contributed by atoms with van der Waals surface area (Å²) in [6, 6.07) is 14.8. The van der Waals surface area contributed by atoms with E-state index in [4.69, 9.17) is 61.6 Å². The van der Waals surface area contributed by atoms with Gasteiger partial charge in [-0.05, 0) is 56.9 Å². The van der Waals surface area contributed by atoms with Crippen molar-refractivity contribution < 1.29 is 62.4 Å². The number of ether oxygens (including phenoxy) is 5. The number of hydrogen-bond acceptors (Lipinski definition) is 19. The van der Waals surface area contributed by atoms with E-state index in [1.165, 1.54) is 23.9 Å². The van der Waals surface area contributed by atoms with E-state index < -0.39 is 97.3 Å². The molecule has 6 aliphatic heterocycles. The molecule has 392 valence electrons. The average molecular weight is 1080 g/mol. The third-order valence-corrected chi connectivity index (χ3v) is 16.9. The van der Waals surface area contributed by atoms with Crippen LogP contribution in [0.4, 0.5) is 21.0 Å². The van der Waals surface area contributed by atoms with Crippen molar-refractivity contribution in [3.63, 3.8) is 0 Å². The zero-order valence-electron chi connectivity index (χ0n) is 40.6. The zero-order chi connectivity index (χ0) is 52.2. The normalized spacial score (nSPS) is 30.9. The van der Waals surface area contributed by atoms with Gasteiger partial charge < -0.3 is 59.9 Å². The molecule has 0 spiro atoms. The van der Waals surface area contributed by atoms with Crippen LogP contribution >= 0.6 is 50.5 Å². The molecule has 4 saturated heterocycles. The highest BCUT2D eigenvalue weighted by atomic mass is 32.1. The molecule has 5 N–H and O–H groups in total. The molecule has 72 heavy (non-hydrogen) atoms. The molecule has 8 atom stereocenters. The van der Waals surface area contributed by atoms with Crippen molar-refractivity contribution in [3.8, 4) is 0 Å². The maximum Gasteiger partial charge on any atom is 0.508 e. The summed E-state index contributed by atoms with van der Waals surface area (Å²) in [5, 5.41) is 23.0. The van der Waals surface area contributed by atoms with Crippen LogP contribution in [0.2, 0.25) is 0 Å². The first-order chi connectivity index (χ1) is 34.0. The summed E-state index contributed by atoms with van der Waals surface area (Å²) >= 11 is 19.6. The van der Waals surface area contributed by atoms with E-state index in [-0.39, 0.29) is 58.1 Å². The Labute approximate surface area is 439 Å². The summed E-state index contributed by atoms with van der Waals surface area (Å²) in [5.74, 6) is -2.81. The minimum absolute atomic E-state index is 0.0948. The van der Waals surface area contributed by atoms with Gasteiger partial charge >= 0.3 is 12.2 Å². The van der Waals surface area contributed by atoms with Crippen molar-refractivity contribution in [1.82, 2.24) is 30.2 Å². The number of nitrogens with zero attached hydrogens (tertiary/aromatic N) is 4. The molecule has 6 aliphatic rings. The fourth-order valence-corrected chi connectivity index (χ4v) is 12.9. The molecule has 0 bridgehead atoms. The second-order valence-corrected chi connectivity index (χ2v) is 22.8. The Kier molecular flexibility index (Phi) is 14.7. The Balaban J connectivity index is 0.902. The first-order valence-electron chi connectivity index (χ1n) is 23.6. The largest absolute Gasteiger partial charge is 0.508 e. The lowest BCUT2D eigenvalue weighted by atomic mass is 9.54. The summed E-state index contributed by atoms with van der Waals surface area (Å²) < 4.78 is 26.8. The van der Waals surface area contributed by atoms with Gasteiger partial charge in [-0.3, -0.25) is 33.8 Å². The molecule has 2 aromatic carbocycles. The maximum absolute atomic E-state index is 15.3. The van der Waals surface area contributed by atoms with E-state index >= 15 is 9.59 Å². The highest BCUT2D eigenvalue weighted by Crippen LogP contribution is 2.73. The number of thiol groups is 4. The van der Waals surface area contributed by atoms with Gasteiger partial charge in [0.25, 0.3) is 23.6 Å². The van der Waals surface area contributed by atoms with Crippen molar-refractivity contribution in [3.05, 3.63) is 59.7 Å². The van der Waals surface area contributed by atoms with Crippen molar-refractivity contribution in [2.24, 2.45) is 0 Å². The van der Waals surface area contributed by atoms with E-state index in [9.17, 15) is 29.1 Å². The number of hydrogen-bond donors (Lipinski definition) is 9. The summed E-state index contributed by atoms with van der Waals surface area (Å²) in [6.45, 7) is 5.46. The van der Waals surface area contributed by atoms with Crippen LogP contribution in [0.3, 0.4) is 0 Å². The molecule has 4 fully saturated rings. The van der Waals surface area contributed by atoms with Crippen LogP contribution in [0, 0.1) is 0 Å². The number of alkyl carbamates (subject to hydrolysis) is 1. The molecule has 0 saturated carbocycles. The van der Waals surface area contributed by atoms with Crippen molar-refractivity contribution in [2.75, 3.05) is 84.1 Å². The van der Waals surface area contributed by atoms with E-state index in [1.807, 2.05) is 48.5 Å². The first-order valence-corrected chi connectivity index (χ1v) is 25.4. The van der Waals surface area contributed by atoms with E-state index in [2.05, 4.69) is 33.9 Å². The minimum atomic E-state index is -2.06. The summed E-state index contributed by atoms with van der Waals surface area (Å²) in [7, 11) is 2.77. The second kappa shape index (κ2) is 19.8. The highest BCUT2D eigenvalue weighted by Gasteiger charge is 2.84. The quantitative estimate of drug-likeness (QED) is 0.0591. The van der Waals surface area contributed by atoms with Crippen LogP contribution in [-0.2, 0) is 58.5 Å². The van der Waals surface area contributed by atoms with Crippen LogP contribution in [0.15, 0.2) is 48.5 Å². The van der Waals surface area contributed by atoms with Crippen molar-refractivity contribution in [1.29, 1.82) is 0 Å². The predicted molar refractivity (Wildman–Crippen MR) is 274 cm³/mol. The number of likely N-dealkylation sites (N-methyl/N-ethyl adjacent to an activating group) is 2. The Bertz CT molecular complexity index is 2530. The lowest BCUT2D eigenvalue weighted by Crippen LogP contribution is -2.74. The molecular weight excluding hydrogens is 1010 g/mol. The fraction of sp³-hybridized carbons (Fsp3) is 0.596. The Hall–Kier alpha value is -4.79. The number of unbranched alkanes of at least 4 members (excludes halogenated alkanes) is 1. The van der Waals surface area contributed by atoms with Crippen LogP contribution in [0.5, 0.6) is 0 Å². The number of nitrogens with one attached hydrogen (secondary N) is 4. The van der Waals surface area contributed by atoms with Crippen LogP contribution in [-0.4, -0.2) is 177 Å². The molecule has 0 radical (unpaired) electrons. The molecule has 6 heterocycles. The van der Waals surface area contributed by atoms with Gasteiger partial charge in [-0.2, -0.15) is 0 Å². The summed E-state index contributed by atoms with van der Waals surface area (Å²) in [5.41, 5.74) is -0.541. The van der Waals surface area contributed by atoms with Gasteiger partial charge in [-0.25, -0.2) is 9.59 Å². The number of rotatable bonds is 18. The number of aliphatic hydroxyl groups is 1. The van der Waals surface area contributed by atoms with Gasteiger partial charge in [-0.15, -0.1) is 50.5 Å². The maximum atomic E-state index is 15.3. The molecule has 0 aromatic heterocycles. The smallest absolute Gasteiger partial charge is 0.444 e. The molecule has 8 rings (SSSR count).